The minimum absolute atomic E-state index is 0.104. The Hall–Kier alpha value is -3.08. The van der Waals surface area contributed by atoms with E-state index in [0.717, 1.165) is 29.5 Å². The topological polar surface area (TPSA) is 67.8 Å². The summed E-state index contributed by atoms with van der Waals surface area (Å²) in [4.78, 5) is 16.8. The third kappa shape index (κ3) is 6.04. The maximum Gasteiger partial charge on any atom is 0.416 e. The van der Waals surface area contributed by atoms with Gasteiger partial charge in [-0.05, 0) is 44.5 Å². The van der Waals surface area contributed by atoms with Gasteiger partial charge in [0, 0.05) is 10.5 Å². The predicted octanol–water partition coefficient (Wildman–Crippen LogP) is 5.49. The summed E-state index contributed by atoms with van der Waals surface area (Å²) in [7, 11) is 0. The molecule has 0 aliphatic rings. The summed E-state index contributed by atoms with van der Waals surface area (Å²) >= 11 is 0.731. The van der Waals surface area contributed by atoms with Gasteiger partial charge in [-0.3, -0.25) is 4.79 Å². The van der Waals surface area contributed by atoms with Crippen molar-refractivity contribution in [3.63, 3.8) is 0 Å². The molecule has 3 rings (SSSR count). The van der Waals surface area contributed by atoms with Gasteiger partial charge >= 0.3 is 6.18 Å². The molecule has 1 heterocycles. The van der Waals surface area contributed by atoms with Crippen molar-refractivity contribution >= 4 is 17.7 Å². The molecule has 0 saturated heterocycles. The van der Waals surface area contributed by atoms with Crippen LogP contribution in [-0.4, -0.2) is 27.6 Å². The Balaban J connectivity index is 1.82. The molecule has 0 spiro atoms. The molecule has 11 heteroatoms. The molecule has 0 atom stereocenters. The van der Waals surface area contributed by atoms with Crippen LogP contribution in [0.2, 0.25) is 0 Å². The molecule has 1 aromatic heterocycles. The van der Waals surface area contributed by atoms with Gasteiger partial charge in [-0.15, -0.1) is 10.2 Å². The number of carbonyl (C=O) groups excluding carboxylic acids is 1. The third-order valence-electron chi connectivity index (χ3n) is 4.60. The standard InChI is InChI=1S/C22H19F5N4OS/c1-12-7-8-17(13(2)9-12)21(23,24)11-28-19(32)18-20(31-30-14(3)29-18)33-16-6-4-5-15(10-16)22(25,26)27/h4-10H,11H2,1-3H3,(H,28,32). The van der Waals surface area contributed by atoms with Gasteiger partial charge in [0.15, 0.2) is 10.7 Å². The molecule has 0 unspecified atom stereocenters. The Bertz CT molecular complexity index is 1180. The smallest absolute Gasteiger partial charge is 0.344 e. The first-order valence-corrected chi connectivity index (χ1v) is 10.5. The zero-order valence-electron chi connectivity index (χ0n) is 17.8. The lowest BCUT2D eigenvalue weighted by molar-refractivity contribution is -0.137. The van der Waals surface area contributed by atoms with E-state index in [4.69, 9.17) is 0 Å². The van der Waals surface area contributed by atoms with Gasteiger partial charge in [0.25, 0.3) is 11.8 Å². The molecule has 0 fully saturated rings. The van der Waals surface area contributed by atoms with Crippen LogP contribution in [0.1, 0.15) is 38.6 Å². The highest BCUT2D eigenvalue weighted by Crippen LogP contribution is 2.35. The second-order valence-corrected chi connectivity index (χ2v) is 8.41. The van der Waals surface area contributed by atoms with Crippen LogP contribution >= 0.6 is 11.8 Å². The molecule has 5 nitrogen and oxygen atoms in total. The number of alkyl halides is 5. The summed E-state index contributed by atoms with van der Waals surface area (Å²) in [5.74, 6) is -4.18. The zero-order chi connectivity index (χ0) is 24.4. The van der Waals surface area contributed by atoms with E-state index in [9.17, 15) is 26.7 Å². The van der Waals surface area contributed by atoms with E-state index in [2.05, 4.69) is 20.5 Å². The molecule has 0 saturated carbocycles. The largest absolute Gasteiger partial charge is 0.416 e. The van der Waals surface area contributed by atoms with Crippen LogP contribution in [0.4, 0.5) is 22.0 Å². The average Bonchev–Trinajstić information content (AvgIpc) is 2.72. The number of hydrogen-bond donors (Lipinski definition) is 1. The van der Waals surface area contributed by atoms with Crippen LogP contribution < -0.4 is 5.32 Å². The second kappa shape index (κ2) is 9.42. The first-order valence-electron chi connectivity index (χ1n) is 9.67. The first kappa shape index (κ1) is 24.6. The Morgan fingerprint density at radius 2 is 1.73 bits per heavy atom. The minimum Gasteiger partial charge on any atom is -0.344 e. The number of benzene rings is 2. The normalized spacial score (nSPS) is 12.0. The predicted molar refractivity (Wildman–Crippen MR) is 112 cm³/mol. The SMILES string of the molecule is Cc1ccc(C(F)(F)CNC(=O)c2nc(C)nnc2Sc2cccc(C(F)(F)F)c2)c(C)c1. The number of carbonyl (C=O) groups is 1. The molecular formula is C22H19F5N4OS. The lowest BCUT2D eigenvalue weighted by atomic mass is 10.0. The Labute approximate surface area is 190 Å². The Kier molecular flexibility index (Phi) is 7.01. The van der Waals surface area contributed by atoms with Crippen LogP contribution in [0.3, 0.4) is 0 Å². The van der Waals surface area contributed by atoms with E-state index in [-0.39, 0.29) is 27.0 Å². The summed E-state index contributed by atoms with van der Waals surface area (Å²) in [6.45, 7) is 3.80. The highest BCUT2D eigenvalue weighted by Gasteiger charge is 2.34. The van der Waals surface area contributed by atoms with Crippen molar-refractivity contribution in [1.82, 2.24) is 20.5 Å². The summed E-state index contributed by atoms with van der Waals surface area (Å²) in [5, 5.41) is 9.62. The van der Waals surface area contributed by atoms with Crippen molar-refractivity contribution in [3.8, 4) is 0 Å². The van der Waals surface area contributed by atoms with Crippen molar-refractivity contribution in [3.05, 3.63) is 76.2 Å². The summed E-state index contributed by atoms with van der Waals surface area (Å²) in [6.07, 6.45) is -4.55. The van der Waals surface area contributed by atoms with Crippen molar-refractivity contribution in [1.29, 1.82) is 0 Å². The number of halogens is 5. The van der Waals surface area contributed by atoms with E-state index in [1.807, 2.05) is 0 Å². The maximum absolute atomic E-state index is 14.7. The van der Waals surface area contributed by atoms with Crippen molar-refractivity contribution in [2.45, 2.75) is 42.8 Å². The number of nitrogens with zero attached hydrogens (tertiary/aromatic N) is 3. The van der Waals surface area contributed by atoms with E-state index >= 15 is 0 Å². The molecule has 33 heavy (non-hydrogen) atoms. The minimum atomic E-state index is -4.55. The third-order valence-corrected chi connectivity index (χ3v) is 5.56. The van der Waals surface area contributed by atoms with Gasteiger partial charge in [-0.1, -0.05) is 41.6 Å². The van der Waals surface area contributed by atoms with Crippen LogP contribution in [0, 0.1) is 20.8 Å². The molecule has 0 aliphatic heterocycles. The quantitative estimate of drug-likeness (QED) is 0.471. The van der Waals surface area contributed by atoms with Crippen LogP contribution in [0.25, 0.3) is 0 Å². The summed E-state index contributed by atoms with van der Waals surface area (Å²) in [6, 6.07) is 8.89. The zero-order valence-corrected chi connectivity index (χ0v) is 18.6. The fraction of sp³-hybridized carbons (Fsp3) is 0.273. The van der Waals surface area contributed by atoms with Gasteiger partial charge in [-0.2, -0.15) is 22.0 Å². The Morgan fingerprint density at radius 3 is 2.39 bits per heavy atom. The average molecular weight is 482 g/mol. The van der Waals surface area contributed by atoms with E-state index in [0.29, 0.717) is 5.56 Å². The molecule has 3 aromatic rings. The van der Waals surface area contributed by atoms with Crippen molar-refractivity contribution < 1.29 is 26.7 Å². The number of hydrogen-bond acceptors (Lipinski definition) is 5. The highest BCUT2D eigenvalue weighted by atomic mass is 32.2. The number of aryl methyl sites for hydroxylation is 3. The fourth-order valence-electron chi connectivity index (χ4n) is 3.06. The number of nitrogens with one attached hydrogen (secondary N) is 1. The molecule has 1 amide bonds. The van der Waals surface area contributed by atoms with Crippen molar-refractivity contribution in [2.75, 3.05) is 6.54 Å². The lowest BCUT2D eigenvalue weighted by Crippen LogP contribution is -2.36. The van der Waals surface area contributed by atoms with Crippen LogP contribution in [-0.2, 0) is 12.1 Å². The lowest BCUT2D eigenvalue weighted by Gasteiger charge is -2.20. The van der Waals surface area contributed by atoms with Gasteiger partial charge in [0.05, 0.1) is 12.1 Å². The number of amides is 1. The van der Waals surface area contributed by atoms with E-state index < -0.39 is 30.1 Å². The molecule has 0 bridgehead atoms. The second-order valence-electron chi connectivity index (χ2n) is 7.35. The monoisotopic (exact) mass is 482 g/mol. The maximum atomic E-state index is 14.7. The molecule has 2 aromatic carbocycles. The van der Waals surface area contributed by atoms with E-state index in [1.54, 1.807) is 26.0 Å². The van der Waals surface area contributed by atoms with Gasteiger partial charge < -0.3 is 5.32 Å². The molecule has 1 N–H and O–H groups in total. The van der Waals surface area contributed by atoms with Gasteiger partial charge in [-0.25, -0.2) is 4.98 Å². The summed E-state index contributed by atoms with van der Waals surface area (Å²) in [5.41, 5.74) is -0.186. The van der Waals surface area contributed by atoms with Gasteiger partial charge in [0.2, 0.25) is 0 Å². The van der Waals surface area contributed by atoms with Crippen molar-refractivity contribution in [2.24, 2.45) is 0 Å². The van der Waals surface area contributed by atoms with Gasteiger partial charge in [0.1, 0.15) is 5.82 Å². The fourth-order valence-corrected chi connectivity index (χ4v) is 3.93. The van der Waals surface area contributed by atoms with E-state index in [1.165, 1.54) is 25.1 Å². The summed E-state index contributed by atoms with van der Waals surface area (Å²) < 4.78 is 68.4. The molecule has 0 radical (unpaired) electrons. The van der Waals surface area contributed by atoms with Crippen LogP contribution in [0.5, 0.6) is 0 Å². The highest BCUT2D eigenvalue weighted by molar-refractivity contribution is 7.99. The number of aromatic nitrogens is 3. The molecular weight excluding hydrogens is 463 g/mol. The molecule has 174 valence electrons. The first-order chi connectivity index (χ1) is 15.4. The Morgan fingerprint density at radius 1 is 1.00 bits per heavy atom. The molecule has 0 aliphatic carbocycles. The van der Waals surface area contributed by atoms with Crippen LogP contribution in [0.15, 0.2) is 52.4 Å². The number of rotatable bonds is 6.